The Morgan fingerprint density at radius 1 is 1.78 bits per heavy atom. The quantitative estimate of drug-likeness (QED) is 0.518. The van der Waals surface area contributed by atoms with Crippen molar-refractivity contribution in [1.29, 1.82) is 0 Å². The van der Waals surface area contributed by atoms with Gasteiger partial charge in [-0.25, -0.2) is 0 Å². The number of carbonyl (C=O) groups is 1. The molecule has 0 saturated heterocycles. The molecule has 0 radical (unpaired) electrons. The Morgan fingerprint density at radius 3 is 3.00 bits per heavy atom. The molecule has 1 aliphatic carbocycles. The highest BCUT2D eigenvalue weighted by molar-refractivity contribution is 5.83. The van der Waals surface area contributed by atoms with Crippen LogP contribution >= 0.6 is 0 Å². The molecule has 0 bridgehead atoms. The topological polar surface area (TPSA) is 43.1 Å². The van der Waals surface area contributed by atoms with E-state index in [2.05, 4.69) is 0 Å². The van der Waals surface area contributed by atoms with Crippen LogP contribution in [0.2, 0.25) is 0 Å². The second kappa shape index (κ2) is 2.78. The Balaban J connectivity index is 2.57. The zero-order valence-electron chi connectivity index (χ0n) is 5.34. The first-order valence-electron chi connectivity index (χ1n) is 3.24. The first kappa shape index (κ1) is 6.49. The summed E-state index contributed by atoms with van der Waals surface area (Å²) in [6.45, 7) is 0.468. The van der Waals surface area contributed by atoms with Crippen LogP contribution in [-0.4, -0.2) is 12.3 Å². The predicted molar refractivity (Wildman–Crippen MR) is 35.9 cm³/mol. The molecule has 0 aliphatic heterocycles. The summed E-state index contributed by atoms with van der Waals surface area (Å²) in [5.41, 5.74) is 5.32. The molecule has 2 nitrogen and oxygen atoms in total. The van der Waals surface area contributed by atoms with E-state index >= 15 is 0 Å². The van der Waals surface area contributed by atoms with Crippen LogP contribution in [-0.2, 0) is 4.79 Å². The molecule has 2 heteroatoms. The van der Waals surface area contributed by atoms with Crippen LogP contribution in [0.5, 0.6) is 0 Å². The molecule has 0 amide bonds. The fourth-order valence-corrected chi connectivity index (χ4v) is 0.989. The van der Waals surface area contributed by atoms with Gasteiger partial charge in [0.05, 0.1) is 0 Å². The fraction of sp³-hybridized carbons (Fsp3) is 0.571. The van der Waals surface area contributed by atoms with Gasteiger partial charge in [-0.2, -0.15) is 0 Å². The smallest absolute Gasteiger partial charge is 0.141 e. The van der Waals surface area contributed by atoms with Crippen molar-refractivity contribution in [1.82, 2.24) is 0 Å². The highest BCUT2D eigenvalue weighted by atomic mass is 16.1. The SMILES string of the molecule is NCC1C=CCCC1=O. The standard InChI is InChI=1S/C7H11NO/c8-5-6-3-1-2-4-7(6)9/h1,3,6H,2,4-5,8H2. The fourth-order valence-electron chi connectivity index (χ4n) is 0.989. The van der Waals surface area contributed by atoms with E-state index in [4.69, 9.17) is 5.73 Å². The summed E-state index contributed by atoms with van der Waals surface area (Å²) in [7, 11) is 0. The first-order chi connectivity index (χ1) is 4.34. The zero-order valence-corrected chi connectivity index (χ0v) is 5.34. The summed E-state index contributed by atoms with van der Waals surface area (Å²) in [5.74, 6) is 0.304. The number of Topliss-reactive ketones (excluding diaryl/α,β-unsaturated/α-hetero) is 1. The monoisotopic (exact) mass is 125 g/mol. The van der Waals surface area contributed by atoms with Gasteiger partial charge in [0.2, 0.25) is 0 Å². The van der Waals surface area contributed by atoms with Crippen molar-refractivity contribution in [3.63, 3.8) is 0 Å². The lowest BCUT2D eigenvalue weighted by Crippen LogP contribution is -2.23. The van der Waals surface area contributed by atoms with Crippen molar-refractivity contribution in [3.8, 4) is 0 Å². The normalized spacial score (nSPS) is 26.8. The van der Waals surface area contributed by atoms with Crippen molar-refractivity contribution in [3.05, 3.63) is 12.2 Å². The minimum Gasteiger partial charge on any atom is -0.329 e. The van der Waals surface area contributed by atoms with Crippen molar-refractivity contribution in [2.24, 2.45) is 11.7 Å². The summed E-state index contributed by atoms with van der Waals surface area (Å²) in [4.78, 5) is 10.9. The number of hydrogen-bond donors (Lipinski definition) is 1. The largest absolute Gasteiger partial charge is 0.329 e. The minimum atomic E-state index is 0.0127. The van der Waals surface area contributed by atoms with Gasteiger partial charge in [0.15, 0.2) is 0 Å². The number of rotatable bonds is 1. The molecule has 1 aliphatic rings. The molecule has 1 rings (SSSR count). The number of carbonyl (C=O) groups excluding carboxylic acids is 1. The van der Waals surface area contributed by atoms with E-state index in [1.807, 2.05) is 12.2 Å². The lowest BCUT2D eigenvalue weighted by atomic mass is 9.95. The molecular weight excluding hydrogens is 114 g/mol. The molecule has 0 saturated carbocycles. The maximum Gasteiger partial charge on any atom is 0.141 e. The summed E-state index contributed by atoms with van der Waals surface area (Å²) in [6, 6.07) is 0. The molecule has 1 atom stereocenters. The molecule has 50 valence electrons. The van der Waals surface area contributed by atoms with Gasteiger partial charge in [-0.05, 0) is 6.42 Å². The molecule has 2 N–H and O–H groups in total. The Labute approximate surface area is 54.7 Å². The van der Waals surface area contributed by atoms with Gasteiger partial charge in [-0.3, -0.25) is 4.79 Å². The number of allylic oxidation sites excluding steroid dienone is 1. The summed E-state index contributed by atoms with van der Waals surface area (Å²) in [6.07, 6.45) is 5.51. The summed E-state index contributed by atoms with van der Waals surface area (Å²) in [5, 5.41) is 0. The number of nitrogens with two attached hydrogens (primary N) is 1. The molecule has 1 unspecified atom stereocenters. The second-order valence-corrected chi connectivity index (χ2v) is 2.28. The third kappa shape index (κ3) is 1.39. The van der Waals surface area contributed by atoms with Crippen LogP contribution in [0, 0.1) is 5.92 Å². The molecule has 0 aromatic carbocycles. The predicted octanol–water partition coefficient (Wildman–Crippen LogP) is 0.480. The van der Waals surface area contributed by atoms with Gasteiger partial charge in [-0.1, -0.05) is 12.2 Å². The molecular formula is C7H11NO. The second-order valence-electron chi connectivity index (χ2n) is 2.28. The van der Waals surface area contributed by atoms with Crippen LogP contribution in [0.15, 0.2) is 12.2 Å². The Hall–Kier alpha value is -0.630. The van der Waals surface area contributed by atoms with Crippen molar-refractivity contribution < 1.29 is 4.79 Å². The van der Waals surface area contributed by atoms with E-state index in [1.165, 1.54) is 0 Å². The maximum absolute atomic E-state index is 10.9. The summed E-state index contributed by atoms with van der Waals surface area (Å²) < 4.78 is 0. The van der Waals surface area contributed by atoms with Crippen molar-refractivity contribution in [2.75, 3.05) is 6.54 Å². The van der Waals surface area contributed by atoms with Crippen LogP contribution in [0.25, 0.3) is 0 Å². The maximum atomic E-state index is 10.9. The van der Waals surface area contributed by atoms with Gasteiger partial charge in [0, 0.05) is 18.9 Å². The van der Waals surface area contributed by atoms with Crippen LogP contribution < -0.4 is 5.73 Å². The third-order valence-corrected chi connectivity index (χ3v) is 1.59. The van der Waals surface area contributed by atoms with E-state index in [1.54, 1.807) is 0 Å². The Bertz CT molecular complexity index is 140. The average Bonchev–Trinajstić information content (AvgIpc) is 1.89. The highest BCUT2D eigenvalue weighted by Gasteiger charge is 2.14. The van der Waals surface area contributed by atoms with Gasteiger partial charge in [0.1, 0.15) is 5.78 Å². The number of hydrogen-bond acceptors (Lipinski definition) is 2. The number of ketones is 1. The first-order valence-corrected chi connectivity index (χ1v) is 3.24. The lowest BCUT2D eigenvalue weighted by Gasteiger charge is -2.11. The lowest BCUT2D eigenvalue weighted by molar-refractivity contribution is -0.121. The van der Waals surface area contributed by atoms with Gasteiger partial charge in [-0.15, -0.1) is 0 Å². The zero-order chi connectivity index (χ0) is 6.69. The summed E-state index contributed by atoms with van der Waals surface area (Å²) >= 11 is 0. The van der Waals surface area contributed by atoms with E-state index in [-0.39, 0.29) is 5.92 Å². The van der Waals surface area contributed by atoms with E-state index in [9.17, 15) is 4.79 Å². The van der Waals surface area contributed by atoms with E-state index in [0.717, 1.165) is 6.42 Å². The third-order valence-electron chi connectivity index (χ3n) is 1.59. The highest BCUT2D eigenvalue weighted by Crippen LogP contribution is 2.11. The van der Waals surface area contributed by atoms with Crippen molar-refractivity contribution in [2.45, 2.75) is 12.8 Å². The van der Waals surface area contributed by atoms with Gasteiger partial charge >= 0.3 is 0 Å². The van der Waals surface area contributed by atoms with E-state index < -0.39 is 0 Å². The van der Waals surface area contributed by atoms with E-state index in [0.29, 0.717) is 18.7 Å². The molecule has 9 heavy (non-hydrogen) atoms. The average molecular weight is 125 g/mol. The molecule has 0 aromatic rings. The molecule has 0 aromatic heterocycles. The van der Waals surface area contributed by atoms with Crippen molar-refractivity contribution >= 4 is 5.78 Å². The molecule has 0 fully saturated rings. The van der Waals surface area contributed by atoms with Crippen LogP contribution in [0.4, 0.5) is 0 Å². The minimum absolute atomic E-state index is 0.0127. The Morgan fingerprint density at radius 2 is 2.56 bits per heavy atom. The Kier molecular flexibility index (Phi) is 2.01. The van der Waals surface area contributed by atoms with Crippen LogP contribution in [0.3, 0.4) is 0 Å². The van der Waals surface area contributed by atoms with Gasteiger partial charge < -0.3 is 5.73 Å². The van der Waals surface area contributed by atoms with Crippen LogP contribution in [0.1, 0.15) is 12.8 Å². The van der Waals surface area contributed by atoms with Gasteiger partial charge in [0.25, 0.3) is 0 Å². The molecule has 0 spiro atoms. The molecule has 0 heterocycles.